The van der Waals surface area contributed by atoms with E-state index < -0.39 is 12.3 Å². The van der Waals surface area contributed by atoms with E-state index in [1.165, 1.54) is 10.5 Å². The molecule has 0 radical (unpaired) electrons. The number of aliphatic hydroxyl groups is 1. The van der Waals surface area contributed by atoms with Crippen LogP contribution in [0.5, 0.6) is 0 Å². The minimum absolute atomic E-state index is 0.268. The number of halogens is 3. The van der Waals surface area contributed by atoms with Crippen LogP contribution >= 0.6 is 0 Å². The number of alkyl halides is 3. The summed E-state index contributed by atoms with van der Waals surface area (Å²) in [5.74, 6) is 0.411. The number of fused-ring (bicyclic) bond motifs is 1. The highest BCUT2D eigenvalue weighted by Gasteiger charge is 2.41. The Morgan fingerprint density at radius 2 is 2.06 bits per heavy atom. The summed E-state index contributed by atoms with van der Waals surface area (Å²) in [6.07, 6.45) is -5.64. The number of hydrogen-bond acceptors (Lipinski definition) is 2. The topological polar surface area (TPSA) is 37.5 Å². The largest absolute Gasteiger partial charge is 0.420 e. The molecule has 0 aliphatic carbocycles. The molecule has 0 aliphatic heterocycles. The summed E-state index contributed by atoms with van der Waals surface area (Å²) >= 11 is 0. The van der Waals surface area contributed by atoms with Gasteiger partial charge in [0.15, 0.2) is 6.10 Å². The van der Waals surface area contributed by atoms with Crippen LogP contribution < -0.4 is 0 Å². The Balaban J connectivity index is 2.62. The van der Waals surface area contributed by atoms with Crippen molar-refractivity contribution >= 4 is 5.52 Å². The van der Waals surface area contributed by atoms with Crippen molar-refractivity contribution in [2.24, 2.45) is 0 Å². The number of imidazole rings is 1. The maximum Gasteiger partial charge on any atom is 0.420 e. The number of aryl methyl sites for hydroxylation is 1. The highest BCUT2D eigenvalue weighted by Crippen LogP contribution is 2.33. The summed E-state index contributed by atoms with van der Waals surface area (Å²) in [5, 5.41) is 9.17. The van der Waals surface area contributed by atoms with Crippen LogP contribution in [0.3, 0.4) is 0 Å². The second-order valence-corrected chi connectivity index (χ2v) is 3.44. The molecule has 0 aromatic carbocycles. The van der Waals surface area contributed by atoms with E-state index in [9.17, 15) is 13.2 Å². The molecule has 0 fully saturated rings. The maximum absolute atomic E-state index is 12.4. The lowest BCUT2D eigenvalue weighted by molar-refractivity contribution is -0.207. The van der Waals surface area contributed by atoms with E-state index in [2.05, 4.69) is 4.98 Å². The van der Waals surface area contributed by atoms with Crippen LogP contribution in [0.4, 0.5) is 13.2 Å². The van der Waals surface area contributed by atoms with Crippen molar-refractivity contribution < 1.29 is 18.3 Å². The van der Waals surface area contributed by atoms with Crippen LogP contribution in [0.1, 0.15) is 17.6 Å². The zero-order valence-electron chi connectivity index (χ0n) is 8.36. The van der Waals surface area contributed by atoms with E-state index in [1.807, 2.05) is 0 Å². The fourth-order valence-corrected chi connectivity index (χ4v) is 1.58. The van der Waals surface area contributed by atoms with Gasteiger partial charge in [-0.15, -0.1) is 0 Å². The van der Waals surface area contributed by atoms with Crippen LogP contribution in [0.25, 0.3) is 5.52 Å². The van der Waals surface area contributed by atoms with Crippen LogP contribution in [-0.2, 0) is 0 Å². The highest BCUT2D eigenvalue weighted by atomic mass is 19.4. The standard InChI is InChI=1S/C10H9F3N2O/c1-6-14-8(9(16)10(11,12)13)7-4-2-3-5-15(6)7/h2-5,9,16H,1H3. The van der Waals surface area contributed by atoms with Crippen LogP contribution in [-0.4, -0.2) is 20.7 Å². The summed E-state index contributed by atoms with van der Waals surface area (Å²) in [5.41, 5.74) is -0.0876. The van der Waals surface area contributed by atoms with Gasteiger partial charge in [0, 0.05) is 6.20 Å². The zero-order chi connectivity index (χ0) is 11.9. The third-order valence-corrected chi connectivity index (χ3v) is 2.32. The van der Waals surface area contributed by atoms with Gasteiger partial charge in [-0.2, -0.15) is 13.2 Å². The molecule has 0 aliphatic rings. The van der Waals surface area contributed by atoms with Gasteiger partial charge in [-0.25, -0.2) is 4.98 Å². The zero-order valence-corrected chi connectivity index (χ0v) is 8.36. The lowest BCUT2D eigenvalue weighted by Crippen LogP contribution is -2.20. The van der Waals surface area contributed by atoms with Crippen molar-refractivity contribution in [3.05, 3.63) is 35.9 Å². The Kier molecular flexibility index (Phi) is 2.38. The van der Waals surface area contributed by atoms with Crippen LogP contribution in [0.2, 0.25) is 0 Å². The Morgan fingerprint density at radius 3 is 2.69 bits per heavy atom. The second kappa shape index (κ2) is 3.48. The molecule has 16 heavy (non-hydrogen) atoms. The first-order valence-corrected chi connectivity index (χ1v) is 4.59. The molecule has 2 heterocycles. The molecule has 0 bridgehead atoms. The van der Waals surface area contributed by atoms with Crippen molar-refractivity contribution in [1.29, 1.82) is 0 Å². The van der Waals surface area contributed by atoms with Gasteiger partial charge in [-0.3, -0.25) is 0 Å². The molecular weight excluding hydrogens is 221 g/mol. The van der Waals surface area contributed by atoms with Gasteiger partial charge in [0.1, 0.15) is 11.5 Å². The smallest absolute Gasteiger partial charge is 0.378 e. The van der Waals surface area contributed by atoms with E-state index in [0.29, 0.717) is 5.82 Å². The molecule has 0 amide bonds. The average Bonchev–Trinajstić information content (AvgIpc) is 2.55. The van der Waals surface area contributed by atoms with Crippen LogP contribution in [0, 0.1) is 6.92 Å². The number of rotatable bonds is 1. The Hall–Kier alpha value is -1.56. The SMILES string of the molecule is Cc1nc(C(O)C(F)(F)F)c2ccccn12. The summed E-state index contributed by atoms with van der Waals surface area (Å²) in [6, 6.07) is 4.78. The molecule has 0 spiro atoms. The Bertz CT molecular complexity index is 518. The molecule has 1 unspecified atom stereocenters. The highest BCUT2D eigenvalue weighted by molar-refractivity contribution is 5.54. The van der Waals surface area contributed by atoms with Crippen molar-refractivity contribution in [3.8, 4) is 0 Å². The number of aliphatic hydroxyl groups excluding tert-OH is 1. The van der Waals surface area contributed by atoms with E-state index in [0.717, 1.165) is 0 Å². The molecule has 1 atom stereocenters. The second-order valence-electron chi connectivity index (χ2n) is 3.44. The molecule has 3 nitrogen and oxygen atoms in total. The van der Waals surface area contributed by atoms with Crippen molar-refractivity contribution in [2.45, 2.75) is 19.2 Å². The molecular formula is C10H9F3N2O. The van der Waals surface area contributed by atoms with Gasteiger partial charge in [-0.05, 0) is 19.1 Å². The van der Waals surface area contributed by atoms with Crippen LogP contribution in [0.15, 0.2) is 24.4 Å². The molecule has 2 aromatic rings. The van der Waals surface area contributed by atoms with E-state index in [1.54, 1.807) is 25.3 Å². The summed E-state index contributed by atoms with van der Waals surface area (Å²) in [4.78, 5) is 3.75. The number of pyridine rings is 1. The first kappa shape index (κ1) is 10.9. The lowest BCUT2D eigenvalue weighted by atomic mass is 10.2. The molecule has 0 saturated heterocycles. The third kappa shape index (κ3) is 1.65. The number of aromatic nitrogens is 2. The molecule has 2 aromatic heterocycles. The van der Waals surface area contributed by atoms with Gasteiger partial charge in [-0.1, -0.05) is 6.07 Å². The molecule has 6 heteroatoms. The third-order valence-electron chi connectivity index (χ3n) is 2.32. The fourth-order valence-electron chi connectivity index (χ4n) is 1.58. The minimum atomic E-state index is -4.70. The minimum Gasteiger partial charge on any atom is -0.378 e. The molecule has 0 saturated carbocycles. The number of hydrogen-bond donors (Lipinski definition) is 1. The predicted molar refractivity (Wildman–Crippen MR) is 50.9 cm³/mol. The van der Waals surface area contributed by atoms with Gasteiger partial charge >= 0.3 is 6.18 Å². The maximum atomic E-state index is 12.4. The lowest BCUT2D eigenvalue weighted by Gasteiger charge is -2.12. The van der Waals surface area contributed by atoms with Gasteiger partial charge in [0.25, 0.3) is 0 Å². The number of nitrogens with zero attached hydrogens (tertiary/aromatic N) is 2. The molecule has 86 valence electrons. The van der Waals surface area contributed by atoms with Gasteiger partial charge in [0.05, 0.1) is 5.52 Å². The van der Waals surface area contributed by atoms with Crippen molar-refractivity contribution in [3.63, 3.8) is 0 Å². The van der Waals surface area contributed by atoms with E-state index in [-0.39, 0.29) is 11.2 Å². The first-order chi connectivity index (χ1) is 7.41. The summed E-state index contributed by atoms with van der Waals surface area (Å²) in [7, 11) is 0. The Labute approximate surface area is 89.2 Å². The van der Waals surface area contributed by atoms with Crippen molar-refractivity contribution in [1.82, 2.24) is 9.38 Å². The summed E-state index contributed by atoms with van der Waals surface area (Å²) < 4.78 is 38.6. The normalized spacial score (nSPS) is 14.3. The predicted octanol–water partition coefficient (Wildman–Crippen LogP) is 2.24. The molecule has 1 N–H and O–H groups in total. The first-order valence-electron chi connectivity index (χ1n) is 4.59. The van der Waals surface area contributed by atoms with Crippen molar-refractivity contribution in [2.75, 3.05) is 0 Å². The van der Waals surface area contributed by atoms with E-state index in [4.69, 9.17) is 5.11 Å². The average molecular weight is 230 g/mol. The fraction of sp³-hybridized carbons (Fsp3) is 0.300. The van der Waals surface area contributed by atoms with E-state index >= 15 is 0 Å². The Morgan fingerprint density at radius 1 is 1.38 bits per heavy atom. The van der Waals surface area contributed by atoms with Gasteiger partial charge in [0.2, 0.25) is 0 Å². The molecule has 2 rings (SSSR count). The van der Waals surface area contributed by atoms with Gasteiger partial charge < -0.3 is 9.51 Å². The summed E-state index contributed by atoms with van der Waals surface area (Å²) in [6.45, 7) is 1.58. The quantitative estimate of drug-likeness (QED) is 0.815. The monoisotopic (exact) mass is 230 g/mol.